The molecule has 2 N–H and O–H groups in total. The molecule has 0 aliphatic carbocycles. The molecule has 0 atom stereocenters. The maximum Gasteiger partial charge on any atom is 0.412 e. The zero-order valence-electron chi connectivity index (χ0n) is 17.9. The van der Waals surface area contributed by atoms with Crippen molar-refractivity contribution in [3.8, 4) is 11.1 Å². The van der Waals surface area contributed by atoms with Crippen LogP contribution in [0.2, 0.25) is 0 Å². The summed E-state index contributed by atoms with van der Waals surface area (Å²) < 4.78 is 6.44. The predicted octanol–water partition coefficient (Wildman–Crippen LogP) is 5.19. The minimum absolute atomic E-state index is 0.219. The fraction of sp³-hybridized carbons (Fsp3) is 0.318. The number of benzene rings is 1. The van der Waals surface area contributed by atoms with Crippen LogP contribution < -0.4 is 5.32 Å². The molecule has 7 nitrogen and oxygen atoms in total. The van der Waals surface area contributed by atoms with Crippen LogP contribution in [-0.4, -0.2) is 46.6 Å². The van der Waals surface area contributed by atoms with Gasteiger partial charge in [-0.1, -0.05) is 6.07 Å². The standard InChI is InChI=1S/C22H25IN4O3/c1-12-18(23)16-10-14(11-24-19(16)25-12)13-7-8-17(15(9-13)20(28)27(5)6)26-21(29)30-22(2,3)4/h7-11H,1-6H3,(H,24,25)(H,26,29). The van der Waals surface area contributed by atoms with E-state index in [1.807, 2.05) is 19.1 Å². The lowest BCUT2D eigenvalue weighted by molar-refractivity contribution is 0.0636. The van der Waals surface area contributed by atoms with E-state index in [2.05, 4.69) is 37.9 Å². The summed E-state index contributed by atoms with van der Waals surface area (Å²) >= 11 is 2.30. The van der Waals surface area contributed by atoms with E-state index in [1.54, 1.807) is 53.2 Å². The molecule has 0 aliphatic heterocycles. The third kappa shape index (κ3) is 4.75. The maximum atomic E-state index is 12.8. The molecule has 0 radical (unpaired) electrons. The summed E-state index contributed by atoms with van der Waals surface area (Å²) in [6.45, 7) is 7.37. The first-order chi connectivity index (χ1) is 14.0. The molecule has 0 fully saturated rings. The molecular formula is C22H25IN4O3. The van der Waals surface area contributed by atoms with Crippen LogP contribution in [0.15, 0.2) is 30.5 Å². The second-order valence-corrected chi connectivity index (χ2v) is 9.35. The number of aromatic amines is 1. The lowest BCUT2D eigenvalue weighted by Crippen LogP contribution is -2.29. The van der Waals surface area contributed by atoms with E-state index in [0.29, 0.717) is 11.3 Å². The van der Waals surface area contributed by atoms with Crippen molar-refractivity contribution in [2.45, 2.75) is 33.3 Å². The minimum Gasteiger partial charge on any atom is -0.444 e. The Morgan fingerprint density at radius 2 is 1.87 bits per heavy atom. The van der Waals surface area contributed by atoms with Crippen LogP contribution in [0, 0.1) is 10.5 Å². The van der Waals surface area contributed by atoms with Gasteiger partial charge in [0.2, 0.25) is 0 Å². The Balaban J connectivity index is 2.03. The summed E-state index contributed by atoms with van der Waals surface area (Å²) in [7, 11) is 3.34. The second-order valence-electron chi connectivity index (χ2n) is 8.27. The molecule has 0 bridgehead atoms. The van der Waals surface area contributed by atoms with Crippen LogP contribution in [0.1, 0.15) is 36.8 Å². The maximum absolute atomic E-state index is 12.8. The van der Waals surface area contributed by atoms with Crippen LogP contribution in [0.4, 0.5) is 10.5 Å². The average Bonchev–Trinajstić information content (AvgIpc) is 2.93. The van der Waals surface area contributed by atoms with Gasteiger partial charge in [0.1, 0.15) is 11.2 Å². The quantitative estimate of drug-likeness (QED) is 0.466. The summed E-state index contributed by atoms with van der Waals surface area (Å²) in [5.74, 6) is -0.219. The van der Waals surface area contributed by atoms with E-state index in [-0.39, 0.29) is 5.91 Å². The second kappa shape index (κ2) is 8.25. The Labute approximate surface area is 189 Å². The highest BCUT2D eigenvalue weighted by Gasteiger charge is 2.21. The van der Waals surface area contributed by atoms with Gasteiger partial charge in [0, 0.05) is 40.5 Å². The number of amides is 2. The molecule has 3 rings (SSSR count). The van der Waals surface area contributed by atoms with E-state index in [9.17, 15) is 9.59 Å². The molecular weight excluding hydrogens is 495 g/mol. The summed E-state index contributed by atoms with van der Waals surface area (Å²) in [6.07, 6.45) is 1.16. The largest absolute Gasteiger partial charge is 0.444 e. The number of aryl methyl sites for hydroxylation is 1. The number of nitrogens with one attached hydrogen (secondary N) is 2. The third-order valence-electron chi connectivity index (χ3n) is 4.38. The summed E-state index contributed by atoms with van der Waals surface area (Å²) in [6, 6.07) is 7.39. The van der Waals surface area contributed by atoms with Gasteiger partial charge in [0.15, 0.2) is 0 Å². The minimum atomic E-state index is -0.636. The van der Waals surface area contributed by atoms with Crippen molar-refractivity contribution in [2.24, 2.45) is 0 Å². The molecule has 0 aliphatic rings. The highest BCUT2D eigenvalue weighted by molar-refractivity contribution is 14.1. The number of nitrogens with zero attached hydrogens (tertiary/aromatic N) is 2. The topological polar surface area (TPSA) is 87.3 Å². The highest BCUT2D eigenvalue weighted by Crippen LogP contribution is 2.30. The van der Waals surface area contributed by atoms with Gasteiger partial charge >= 0.3 is 6.09 Å². The van der Waals surface area contributed by atoms with Gasteiger partial charge in [-0.3, -0.25) is 10.1 Å². The van der Waals surface area contributed by atoms with Gasteiger partial charge in [-0.15, -0.1) is 0 Å². The Morgan fingerprint density at radius 3 is 2.50 bits per heavy atom. The van der Waals surface area contributed by atoms with E-state index in [1.165, 1.54) is 4.90 Å². The predicted molar refractivity (Wildman–Crippen MR) is 127 cm³/mol. The Morgan fingerprint density at radius 1 is 1.17 bits per heavy atom. The number of anilines is 1. The molecule has 3 aromatic rings. The molecule has 0 unspecified atom stereocenters. The van der Waals surface area contributed by atoms with Gasteiger partial charge in [-0.05, 0) is 74.0 Å². The van der Waals surface area contributed by atoms with Gasteiger partial charge in [-0.2, -0.15) is 0 Å². The number of pyridine rings is 1. The molecule has 2 aromatic heterocycles. The van der Waals surface area contributed by atoms with E-state index < -0.39 is 11.7 Å². The first-order valence-electron chi connectivity index (χ1n) is 9.46. The van der Waals surface area contributed by atoms with Crippen LogP contribution >= 0.6 is 22.6 Å². The first-order valence-corrected chi connectivity index (χ1v) is 10.5. The molecule has 0 saturated carbocycles. The third-order valence-corrected chi connectivity index (χ3v) is 5.77. The highest BCUT2D eigenvalue weighted by atomic mass is 127. The average molecular weight is 520 g/mol. The fourth-order valence-corrected chi connectivity index (χ4v) is 3.53. The number of hydrogen-bond donors (Lipinski definition) is 2. The number of H-pyrrole nitrogens is 1. The number of ether oxygens (including phenoxy) is 1. The Hall–Kier alpha value is -2.62. The van der Waals surface area contributed by atoms with Crippen LogP contribution in [0.5, 0.6) is 0 Å². The van der Waals surface area contributed by atoms with Crippen LogP contribution in [0.3, 0.4) is 0 Å². The number of aromatic nitrogens is 2. The van der Waals surface area contributed by atoms with Crippen LogP contribution in [-0.2, 0) is 4.74 Å². The smallest absolute Gasteiger partial charge is 0.412 e. The number of hydrogen-bond acceptors (Lipinski definition) is 4. The lowest BCUT2D eigenvalue weighted by atomic mass is 10.0. The summed E-state index contributed by atoms with van der Waals surface area (Å²) in [5.41, 5.74) is 3.75. The van der Waals surface area contributed by atoms with Gasteiger partial charge in [0.25, 0.3) is 5.91 Å². The van der Waals surface area contributed by atoms with Crippen molar-refractivity contribution >= 4 is 51.3 Å². The Kier molecular flexibility index (Phi) is 6.07. The van der Waals surface area contributed by atoms with Crippen molar-refractivity contribution in [3.63, 3.8) is 0 Å². The zero-order valence-corrected chi connectivity index (χ0v) is 20.0. The Bertz CT molecular complexity index is 1130. The van der Waals surface area contributed by atoms with Crippen molar-refractivity contribution in [2.75, 3.05) is 19.4 Å². The molecule has 0 saturated heterocycles. The van der Waals surface area contributed by atoms with E-state index >= 15 is 0 Å². The number of halogens is 1. The molecule has 1 aromatic carbocycles. The lowest BCUT2D eigenvalue weighted by Gasteiger charge is -2.21. The van der Waals surface area contributed by atoms with Gasteiger partial charge in [0.05, 0.1) is 11.3 Å². The first kappa shape index (κ1) is 22.1. The molecule has 30 heavy (non-hydrogen) atoms. The number of carbonyl (C=O) groups is 2. The molecule has 8 heteroatoms. The van der Waals surface area contributed by atoms with Crippen LogP contribution in [0.25, 0.3) is 22.2 Å². The van der Waals surface area contributed by atoms with Crippen molar-refractivity contribution < 1.29 is 14.3 Å². The van der Waals surface area contributed by atoms with Crippen molar-refractivity contribution in [1.82, 2.24) is 14.9 Å². The van der Waals surface area contributed by atoms with Gasteiger partial charge < -0.3 is 14.6 Å². The summed E-state index contributed by atoms with van der Waals surface area (Å²) in [5, 5.41) is 3.72. The monoisotopic (exact) mass is 520 g/mol. The number of rotatable bonds is 3. The normalized spacial score (nSPS) is 11.4. The fourth-order valence-electron chi connectivity index (χ4n) is 2.99. The van der Waals surface area contributed by atoms with Gasteiger partial charge in [-0.25, -0.2) is 9.78 Å². The van der Waals surface area contributed by atoms with Crippen molar-refractivity contribution in [3.05, 3.63) is 45.3 Å². The molecule has 0 spiro atoms. The van der Waals surface area contributed by atoms with Crippen molar-refractivity contribution in [1.29, 1.82) is 0 Å². The zero-order chi connectivity index (χ0) is 22.2. The molecule has 158 valence electrons. The molecule has 2 heterocycles. The molecule has 2 amide bonds. The summed E-state index contributed by atoms with van der Waals surface area (Å²) in [4.78, 5) is 34.3. The number of carbonyl (C=O) groups excluding carboxylic acids is 2. The SMILES string of the molecule is Cc1[nH]c2ncc(-c3ccc(NC(=O)OC(C)(C)C)c(C(=O)N(C)C)c3)cc2c1I. The van der Waals surface area contributed by atoms with E-state index in [4.69, 9.17) is 4.74 Å². The number of fused-ring (bicyclic) bond motifs is 1. The van der Waals surface area contributed by atoms with E-state index in [0.717, 1.165) is 31.4 Å².